The van der Waals surface area contributed by atoms with Crippen LogP contribution in [-0.4, -0.2) is 20.1 Å². The number of rotatable bonds is 2. The molecule has 0 aliphatic carbocycles. The Morgan fingerprint density at radius 1 is 1.08 bits per heavy atom. The Bertz CT molecular complexity index is 1040. The molecule has 5 nitrogen and oxygen atoms in total. The third-order valence-electron chi connectivity index (χ3n) is 4.29. The van der Waals surface area contributed by atoms with Gasteiger partial charge in [-0.2, -0.15) is 0 Å². The molecule has 0 atom stereocenters. The van der Waals surface area contributed by atoms with Crippen molar-refractivity contribution in [2.45, 2.75) is 35.1 Å². The van der Waals surface area contributed by atoms with Crippen LogP contribution in [0.1, 0.15) is 30.3 Å². The minimum Gasteiger partial charge on any atom is -0.361 e. The zero-order valence-corrected chi connectivity index (χ0v) is 14.1. The highest BCUT2D eigenvalue weighted by atomic mass is 16.5. The summed E-state index contributed by atoms with van der Waals surface area (Å²) in [7, 11) is 0. The first-order valence-electron chi connectivity index (χ1n) is 7.90. The summed E-state index contributed by atoms with van der Waals surface area (Å²) in [4.78, 5) is 12.6. The standard InChI is InChI=1S/C19H18N4O.CH4/c1-10-6-5-7-20-18(10)15-8-14(17-11(2)23-24-12(17)3)9-16-19(15)22-13(4)21-16;/h5-9H,1-4H3,(H,21,22);1H4. The first-order valence-corrected chi connectivity index (χ1v) is 7.90. The number of pyridine rings is 1. The van der Waals surface area contributed by atoms with E-state index in [4.69, 9.17) is 4.52 Å². The van der Waals surface area contributed by atoms with Gasteiger partial charge in [0.25, 0.3) is 0 Å². The van der Waals surface area contributed by atoms with E-state index in [1.165, 1.54) is 0 Å². The lowest BCUT2D eigenvalue weighted by Crippen LogP contribution is -1.91. The zero-order valence-electron chi connectivity index (χ0n) is 14.1. The van der Waals surface area contributed by atoms with Crippen molar-refractivity contribution in [2.75, 3.05) is 0 Å². The summed E-state index contributed by atoms with van der Waals surface area (Å²) in [5.41, 5.74) is 7.98. The Morgan fingerprint density at radius 3 is 2.56 bits per heavy atom. The highest BCUT2D eigenvalue weighted by molar-refractivity contribution is 5.96. The smallest absolute Gasteiger partial charge is 0.141 e. The molecule has 5 heteroatoms. The van der Waals surface area contributed by atoms with Crippen molar-refractivity contribution < 1.29 is 4.52 Å². The van der Waals surface area contributed by atoms with E-state index in [2.05, 4.69) is 45.2 Å². The van der Waals surface area contributed by atoms with Gasteiger partial charge in [0.05, 0.1) is 22.4 Å². The van der Waals surface area contributed by atoms with Gasteiger partial charge in [-0.3, -0.25) is 4.98 Å². The summed E-state index contributed by atoms with van der Waals surface area (Å²) < 4.78 is 5.34. The molecule has 0 amide bonds. The van der Waals surface area contributed by atoms with E-state index in [0.717, 1.165) is 56.3 Å². The van der Waals surface area contributed by atoms with Crippen molar-refractivity contribution in [3.63, 3.8) is 0 Å². The maximum Gasteiger partial charge on any atom is 0.141 e. The summed E-state index contributed by atoms with van der Waals surface area (Å²) in [5.74, 6) is 1.70. The summed E-state index contributed by atoms with van der Waals surface area (Å²) in [6.45, 7) is 7.92. The van der Waals surface area contributed by atoms with Gasteiger partial charge < -0.3 is 9.51 Å². The lowest BCUT2D eigenvalue weighted by atomic mass is 9.97. The van der Waals surface area contributed by atoms with Crippen LogP contribution in [0.2, 0.25) is 0 Å². The van der Waals surface area contributed by atoms with Crippen LogP contribution in [0, 0.1) is 27.7 Å². The number of nitrogens with one attached hydrogen (secondary N) is 1. The van der Waals surface area contributed by atoms with Gasteiger partial charge in [-0.05, 0) is 57.0 Å². The fourth-order valence-corrected chi connectivity index (χ4v) is 3.23. The van der Waals surface area contributed by atoms with Crippen molar-refractivity contribution in [3.05, 3.63) is 53.3 Å². The third kappa shape index (κ3) is 2.71. The van der Waals surface area contributed by atoms with Gasteiger partial charge in [0.2, 0.25) is 0 Å². The second-order valence-electron chi connectivity index (χ2n) is 6.11. The number of aromatic amines is 1. The number of benzene rings is 1. The lowest BCUT2D eigenvalue weighted by Gasteiger charge is -2.09. The average Bonchev–Trinajstić information content (AvgIpc) is 3.08. The van der Waals surface area contributed by atoms with Crippen molar-refractivity contribution in [3.8, 4) is 22.4 Å². The first kappa shape index (κ1) is 16.9. The molecule has 128 valence electrons. The van der Waals surface area contributed by atoms with Gasteiger partial charge >= 0.3 is 0 Å². The Kier molecular flexibility index (Phi) is 4.17. The van der Waals surface area contributed by atoms with Crippen LogP contribution >= 0.6 is 0 Å². The molecule has 25 heavy (non-hydrogen) atoms. The van der Waals surface area contributed by atoms with Crippen LogP contribution in [0.5, 0.6) is 0 Å². The topological polar surface area (TPSA) is 67.6 Å². The lowest BCUT2D eigenvalue weighted by molar-refractivity contribution is 0.393. The summed E-state index contributed by atoms with van der Waals surface area (Å²) >= 11 is 0. The molecule has 1 aromatic carbocycles. The molecule has 0 aliphatic rings. The van der Waals surface area contributed by atoms with Gasteiger partial charge in [-0.1, -0.05) is 18.6 Å². The Morgan fingerprint density at radius 2 is 1.88 bits per heavy atom. The molecule has 0 unspecified atom stereocenters. The van der Waals surface area contributed by atoms with Crippen molar-refractivity contribution in [1.29, 1.82) is 0 Å². The van der Waals surface area contributed by atoms with E-state index < -0.39 is 0 Å². The first-order chi connectivity index (χ1) is 11.5. The van der Waals surface area contributed by atoms with E-state index in [0.29, 0.717) is 0 Å². The number of hydrogen-bond donors (Lipinski definition) is 1. The monoisotopic (exact) mass is 334 g/mol. The Hall–Kier alpha value is -2.95. The SMILES string of the molecule is C.Cc1nc2c(-c3ncccc3C)cc(-c3c(C)noc3C)cc2[nH]1. The molecular formula is C20H22N4O. The number of nitrogens with zero attached hydrogens (tertiary/aromatic N) is 3. The predicted molar refractivity (Wildman–Crippen MR) is 101 cm³/mol. The van der Waals surface area contributed by atoms with Gasteiger partial charge in [-0.15, -0.1) is 0 Å². The number of fused-ring (bicyclic) bond motifs is 1. The highest BCUT2D eigenvalue weighted by Crippen LogP contribution is 2.35. The maximum atomic E-state index is 5.34. The van der Waals surface area contributed by atoms with E-state index in [-0.39, 0.29) is 7.43 Å². The second kappa shape index (κ2) is 6.16. The van der Waals surface area contributed by atoms with Crippen LogP contribution in [-0.2, 0) is 0 Å². The van der Waals surface area contributed by atoms with Gasteiger partial charge in [0.15, 0.2) is 0 Å². The predicted octanol–water partition coefficient (Wildman–Crippen LogP) is 5.15. The molecule has 0 saturated carbocycles. The van der Waals surface area contributed by atoms with Crippen LogP contribution < -0.4 is 0 Å². The van der Waals surface area contributed by atoms with Crippen molar-refractivity contribution >= 4 is 11.0 Å². The summed E-state index contributed by atoms with van der Waals surface area (Å²) in [6.07, 6.45) is 1.82. The molecule has 0 radical (unpaired) electrons. The largest absolute Gasteiger partial charge is 0.361 e. The quantitative estimate of drug-likeness (QED) is 0.550. The van der Waals surface area contributed by atoms with Crippen LogP contribution in [0.4, 0.5) is 0 Å². The molecule has 4 aromatic rings. The molecule has 0 bridgehead atoms. The molecule has 0 fully saturated rings. The molecule has 0 aliphatic heterocycles. The van der Waals surface area contributed by atoms with E-state index in [1.807, 2.05) is 33.0 Å². The Balaban J connectivity index is 0.00000182. The summed E-state index contributed by atoms with van der Waals surface area (Å²) in [5, 5.41) is 4.08. The molecule has 3 heterocycles. The number of imidazole rings is 1. The fourth-order valence-electron chi connectivity index (χ4n) is 3.23. The molecule has 4 rings (SSSR count). The van der Waals surface area contributed by atoms with E-state index in [1.54, 1.807) is 0 Å². The van der Waals surface area contributed by atoms with E-state index >= 15 is 0 Å². The van der Waals surface area contributed by atoms with Crippen molar-refractivity contribution in [1.82, 2.24) is 20.1 Å². The minimum absolute atomic E-state index is 0. The minimum atomic E-state index is 0. The van der Waals surface area contributed by atoms with Gasteiger partial charge in [0.1, 0.15) is 11.6 Å². The van der Waals surface area contributed by atoms with Gasteiger partial charge in [-0.25, -0.2) is 4.98 Å². The number of hydrogen-bond acceptors (Lipinski definition) is 4. The number of aromatic nitrogens is 4. The van der Waals surface area contributed by atoms with Crippen LogP contribution in [0.15, 0.2) is 35.0 Å². The normalized spacial score (nSPS) is 10.9. The number of H-pyrrole nitrogens is 1. The van der Waals surface area contributed by atoms with Crippen LogP contribution in [0.25, 0.3) is 33.4 Å². The highest BCUT2D eigenvalue weighted by Gasteiger charge is 2.17. The Labute approximate surface area is 147 Å². The second-order valence-corrected chi connectivity index (χ2v) is 6.11. The molecule has 1 N–H and O–H groups in total. The molecule has 0 saturated heterocycles. The van der Waals surface area contributed by atoms with Gasteiger partial charge in [0, 0.05) is 17.3 Å². The molecule has 3 aromatic heterocycles. The number of aryl methyl sites for hydroxylation is 4. The van der Waals surface area contributed by atoms with E-state index in [9.17, 15) is 0 Å². The maximum absolute atomic E-state index is 5.34. The fraction of sp³-hybridized carbons (Fsp3) is 0.250. The average molecular weight is 334 g/mol. The third-order valence-corrected chi connectivity index (χ3v) is 4.29. The molecule has 0 spiro atoms. The zero-order chi connectivity index (χ0) is 16.8. The molecular weight excluding hydrogens is 312 g/mol. The van der Waals surface area contributed by atoms with Crippen LogP contribution in [0.3, 0.4) is 0 Å². The summed E-state index contributed by atoms with van der Waals surface area (Å²) in [6, 6.07) is 8.24. The van der Waals surface area contributed by atoms with Crippen molar-refractivity contribution in [2.24, 2.45) is 0 Å².